The van der Waals surface area contributed by atoms with Gasteiger partial charge in [0.05, 0.1) is 18.2 Å². The van der Waals surface area contributed by atoms with Crippen LogP contribution in [-0.2, 0) is 9.53 Å². The highest BCUT2D eigenvalue weighted by Gasteiger charge is 2.11. The molecule has 1 rings (SSSR count). The predicted octanol–water partition coefficient (Wildman–Crippen LogP) is 2.60. The molecular formula is C16H18N2O2. The lowest BCUT2D eigenvalue weighted by atomic mass is 10.1. The van der Waals surface area contributed by atoms with E-state index in [2.05, 4.69) is 6.07 Å². The van der Waals surface area contributed by atoms with E-state index >= 15 is 0 Å². The van der Waals surface area contributed by atoms with Crippen molar-refractivity contribution in [2.24, 2.45) is 0 Å². The smallest absolute Gasteiger partial charge is 0.354 e. The Morgan fingerprint density at radius 3 is 2.45 bits per heavy atom. The fraction of sp³-hybridized carbons (Fsp3) is 0.250. The molecule has 0 saturated carbocycles. The Labute approximate surface area is 119 Å². The number of hydrogen-bond acceptors (Lipinski definition) is 4. The van der Waals surface area contributed by atoms with Crippen molar-refractivity contribution in [1.82, 2.24) is 4.90 Å². The minimum Gasteiger partial charge on any atom is -0.461 e. The molecule has 20 heavy (non-hydrogen) atoms. The summed E-state index contributed by atoms with van der Waals surface area (Å²) in [7, 11) is 3.51. The zero-order chi connectivity index (χ0) is 15.0. The number of esters is 1. The molecule has 1 aromatic carbocycles. The first-order valence-corrected chi connectivity index (χ1v) is 6.32. The first-order valence-electron chi connectivity index (χ1n) is 6.32. The van der Waals surface area contributed by atoms with E-state index in [0.29, 0.717) is 17.9 Å². The topological polar surface area (TPSA) is 53.3 Å². The summed E-state index contributed by atoms with van der Waals surface area (Å²) in [6.07, 6.45) is 3.23. The summed E-state index contributed by atoms with van der Waals surface area (Å²) < 4.78 is 4.98. The standard InChI is InChI=1S/C16H18N2O2/c1-4-20-16(19)15(18(2)3)11-10-14(12-17)13-8-6-5-7-9-13/h5-11H,4H2,1-3H3. The third-order valence-electron chi connectivity index (χ3n) is 2.58. The Morgan fingerprint density at radius 2 is 1.95 bits per heavy atom. The van der Waals surface area contributed by atoms with Gasteiger partial charge in [-0.15, -0.1) is 0 Å². The Balaban J connectivity index is 3.08. The number of hydrogen-bond donors (Lipinski definition) is 0. The second kappa shape index (κ2) is 7.80. The van der Waals surface area contributed by atoms with E-state index in [9.17, 15) is 10.1 Å². The van der Waals surface area contributed by atoms with Crippen LogP contribution in [0.2, 0.25) is 0 Å². The van der Waals surface area contributed by atoms with Crippen molar-refractivity contribution >= 4 is 11.5 Å². The first-order chi connectivity index (χ1) is 9.60. The summed E-state index contributed by atoms with van der Waals surface area (Å²) in [5, 5.41) is 9.20. The van der Waals surface area contributed by atoms with E-state index in [0.717, 1.165) is 5.56 Å². The molecular weight excluding hydrogens is 252 g/mol. The van der Waals surface area contributed by atoms with Gasteiger partial charge >= 0.3 is 5.97 Å². The highest BCUT2D eigenvalue weighted by molar-refractivity contribution is 5.89. The van der Waals surface area contributed by atoms with E-state index in [1.807, 2.05) is 30.3 Å². The minimum absolute atomic E-state index is 0.317. The van der Waals surface area contributed by atoms with Crippen LogP contribution >= 0.6 is 0 Å². The number of allylic oxidation sites excluding steroid dienone is 3. The summed E-state index contributed by atoms with van der Waals surface area (Å²) in [5.41, 5.74) is 1.71. The predicted molar refractivity (Wildman–Crippen MR) is 78.4 cm³/mol. The molecule has 0 aliphatic rings. The second-order valence-electron chi connectivity index (χ2n) is 4.22. The molecule has 104 valence electrons. The lowest BCUT2D eigenvalue weighted by molar-refractivity contribution is -0.140. The molecule has 1 aromatic rings. The molecule has 0 heterocycles. The van der Waals surface area contributed by atoms with Gasteiger partial charge in [-0.05, 0) is 24.6 Å². The summed E-state index contributed by atoms with van der Waals surface area (Å²) in [6.45, 7) is 2.07. The van der Waals surface area contributed by atoms with Crippen LogP contribution < -0.4 is 0 Å². The van der Waals surface area contributed by atoms with E-state index in [1.54, 1.807) is 38.1 Å². The van der Waals surface area contributed by atoms with Gasteiger partial charge in [0.25, 0.3) is 0 Å². The van der Waals surface area contributed by atoms with E-state index < -0.39 is 5.97 Å². The number of carbonyl (C=O) groups excluding carboxylic acids is 1. The van der Waals surface area contributed by atoms with Crippen LogP contribution in [0, 0.1) is 11.3 Å². The van der Waals surface area contributed by atoms with Crippen LogP contribution in [0.25, 0.3) is 5.57 Å². The third kappa shape index (κ3) is 4.29. The van der Waals surface area contributed by atoms with Crippen molar-refractivity contribution in [1.29, 1.82) is 5.26 Å². The van der Waals surface area contributed by atoms with Gasteiger partial charge < -0.3 is 9.64 Å². The van der Waals surface area contributed by atoms with Gasteiger partial charge in [-0.1, -0.05) is 30.3 Å². The molecule has 0 amide bonds. The van der Waals surface area contributed by atoms with Crippen molar-refractivity contribution in [3.63, 3.8) is 0 Å². The zero-order valence-electron chi connectivity index (χ0n) is 12.0. The van der Waals surface area contributed by atoms with Crippen LogP contribution in [0.15, 0.2) is 48.2 Å². The highest BCUT2D eigenvalue weighted by Crippen LogP contribution is 2.14. The quantitative estimate of drug-likeness (QED) is 0.357. The van der Waals surface area contributed by atoms with E-state index in [1.165, 1.54) is 0 Å². The normalized spacial score (nSPS) is 11.7. The van der Waals surface area contributed by atoms with Gasteiger partial charge in [-0.25, -0.2) is 4.79 Å². The van der Waals surface area contributed by atoms with Crippen molar-refractivity contribution in [2.75, 3.05) is 20.7 Å². The molecule has 0 saturated heterocycles. The maximum absolute atomic E-state index is 11.8. The minimum atomic E-state index is -0.404. The number of nitrogens with zero attached hydrogens (tertiary/aromatic N) is 2. The lowest BCUT2D eigenvalue weighted by Crippen LogP contribution is -2.21. The Morgan fingerprint density at radius 1 is 1.30 bits per heavy atom. The van der Waals surface area contributed by atoms with E-state index in [4.69, 9.17) is 4.74 Å². The molecule has 0 radical (unpaired) electrons. The molecule has 4 nitrogen and oxygen atoms in total. The largest absolute Gasteiger partial charge is 0.461 e. The molecule has 0 atom stereocenters. The zero-order valence-corrected chi connectivity index (χ0v) is 12.0. The average molecular weight is 270 g/mol. The van der Waals surface area contributed by atoms with Crippen molar-refractivity contribution in [3.8, 4) is 6.07 Å². The van der Waals surface area contributed by atoms with Gasteiger partial charge in [0.15, 0.2) is 0 Å². The molecule has 0 spiro atoms. The molecule has 0 aliphatic carbocycles. The summed E-state index contributed by atoms with van der Waals surface area (Å²) in [5.74, 6) is -0.404. The number of carbonyl (C=O) groups is 1. The third-order valence-corrected chi connectivity index (χ3v) is 2.58. The van der Waals surface area contributed by atoms with Gasteiger partial charge in [-0.3, -0.25) is 0 Å². The highest BCUT2D eigenvalue weighted by atomic mass is 16.5. The van der Waals surface area contributed by atoms with E-state index in [-0.39, 0.29) is 0 Å². The van der Waals surface area contributed by atoms with Gasteiger partial charge in [0.1, 0.15) is 5.70 Å². The van der Waals surface area contributed by atoms with Gasteiger partial charge in [0.2, 0.25) is 0 Å². The van der Waals surface area contributed by atoms with Crippen molar-refractivity contribution in [3.05, 3.63) is 53.7 Å². The Hall–Kier alpha value is -2.54. The monoisotopic (exact) mass is 270 g/mol. The summed E-state index contributed by atoms with van der Waals surface area (Å²) >= 11 is 0. The summed E-state index contributed by atoms with van der Waals surface area (Å²) in [6, 6.07) is 11.4. The number of benzene rings is 1. The maximum Gasteiger partial charge on any atom is 0.354 e. The fourth-order valence-corrected chi connectivity index (χ4v) is 1.58. The lowest BCUT2D eigenvalue weighted by Gasteiger charge is -2.14. The van der Waals surface area contributed by atoms with Crippen LogP contribution in [0.4, 0.5) is 0 Å². The summed E-state index contributed by atoms with van der Waals surface area (Å²) in [4.78, 5) is 13.4. The van der Waals surface area contributed by atoms with Gasteiger partial charge in [0, 0.05) is 14.1 Å². The SMILES string of the molecule is CCOC(=O)C(=CC=C(C#N)c1ccccc1)N(C)C. The van der Waals surface area contributed by atoms with Crippen molar-refractivity contribution in [2.45, 2.75) is 6.92 Å². The average Bonchev–Trinajstić information content (AvgIpc) is 2.44. The molecule has 0 aromatic heterocycles. The van der Waals surface area contributed by atoms with Crippen LogP contribution in [0.1, 0.15) is 12.5 Å². The Bertz CT molecular complexity index is 552. The number of nitriles is 1. The van der Waals surface area contributed by atoms with Crippen LogP contribution in [0.3, 0.4) is 0 Å². The first kappa shape index (κ1) is 15.5. The van der Waals surface area contributed by atoms with Crippen molar-refractivity contribution < 1.29 is 9.53 Å². The number of rotatable bonds is 5. The number of likely N-dealkylation sites (N-methyl/N-ethyl adjacent to an activating group) is 1. The molecule has 0 unspecified atom stereocenters. The second-order valence-corrected chi connectivity index (χ2v) is 4.22. The van der Waals surface area contributed by atoms with Gasteiger partial charge in [-0.2, -0.15) is 5.26 Å². The fourth-order valence-electron chi connectivity index (χ4n) is 1.58. The van der Waals surface area contributed by atoms with Crippen LogP contribution in [-0.4, -0.2) is 31.6 Å². The molecule has 0 bridgehead atoms. The molecule has 4 heteroatoms. The molecule has 0 N–H and O–H groups in total. The molecule has 0 aliphatic heterocycles. The number of ether oxygens (including phenoxy) is 1. The molecule has 0 fully saturated rings. The maximum atomic E-state index is 11.8. The Kier molecular flexibility index (Phi) is 6.05. The van der Waals surface area contributed by atoms with Crippen LogP contribution in [0.5, 0.6) is 0 Å².